The van der Waals surface area contributed by atoms with Crippen molar-refractivity contribution in [3.63, 3.8) is 0 Å². The molecule has 0 radical (unpaired) electrons. The summed E-state index contributed by atoms with van der Waals surface area (Å²) < 4.78 is 1.00. The number of hydrogen-bond acceptors (Lipinski definition) is 2. The Hall–Kier alpha value is -1.03. The highest BCUT2D eigenvalue weighted by Gasteiger charge is 2.04. The molecular weight excluding hydrogens is 314 g/mol. The fourth-order valence-corrected chi connectivity index (χ4v) is 2.33. The first-order valence-corrected chi connectivity index (χ1v) is 6.78. The highest BCUT2D eigenvalue weighted by atomic mass is 79.9. The van der Waals surface area contributed by atoms with E-state index in [1.54, 1.807) is 0 Å². The number of aliphatic hydroxyl groups excluding tert-OH is 1. The van der Waals surface area contributed by atoms with Gasteiger partial charge in [-0.15, -0.1) is 0 Å². The van der Waals surface area contributed by atoms with Crippen LogP contribution in [0.1, 0.15) is 5.56 Å². The van der Waals surface area contributed by atoms with Gasteiger partial charge in [-0.2, -0.15) is 0 Å². The summed E-state index contributed by atoms with van der Waals surface area (Å²) in [6.07, 6.45) is 0.613. The Kier molecular flexibility index (Phi) is 4.64. The van der Waals surface area contributed by atoms with Crippen LogP contribution in [-0.4, -0.2) is 11.7 Å². The molecule has 0 unspecified atom stereocenters. The zero-order valence-electron chi connectivity index (χ0n) is 9.66. The van der Waals surface area contributed by atoms with Crippen LogP contribution in [0, 0.1) is 0 Å². The summed E-state index contributed by atoms with van der Waals surface area (Å²) in [6, 6.07) is 13.5. The number of rotatable bonds is 4. The highest BCUT2D eigenvalue weighted by Crippen LogP contribution is 2.26. The molecule has 2 nitrogen and oxygen atoms in total. The maximum atomic E-state index is 9.08. The van der Waals surface area contributed by atoms with Crippen molar-refractivity contribution in [3.8, 4) is 0 Å². The number of hydrogen-bond donors (Lipinski definition) is 2. The van der Waals surface area contributed by atoms with Crippen molar-refractivity contribution in [2.45, 2.75) is 6.42 Å². The molecule has 0 aliphatic rings. The van der Waals surface area contributed by atoms with Crippen molar-refractivity contribution in [2.24, 2.45) is 0 Å². The van der Waals surface area contributed by atoms with Gasteiger partial charge >= 0.3 is 0 Å². The Morgan fingerprint density at radius 1 is 1.17 bits per heavy atom. The smallest absolute Gasteiger partial charge is 0.0472 e. The van der Waals surface area contributed by atoms with E-state index in [4.69, 9.17) is 16.7 Å². The Morgan fingerprint density at radius 2 is 2.00 bits per heavy atom. The van der Waals surface area contributed by atoms with Crippen molar-refractivity contribution in [3.05, 3.63) is 57.5 Å². The molecule has 2 N–H and O–H groups in total. The van der Waals surface area contributed by atoms with Gasteiger partial charge in [0.25, 0.3) is 0 Å². The summed E-state index contributed by atoms with van der Waals surface area (Å²) in [7, 11) is 0. The van der Waals surface area contributed by atoms with E-state index < -0.39 is 0 Å². The molecule has 0 aliphatic carbocycles. The van der Waals surface area contributed by atoms with E-state index in [9.17, 15) is 0 Å². The van der Waals surface area contributed by atoms with Gasteiger partial charge in [0, 0.05) is 27.5 Å². The third-order valence-corrected chi connectivity index (χ3v) is 3.28. The van der Waals surface area contributed by atoms with E-state index in [0.29, 0.717) is 11.4 Å². The van der Waals surface area contributed by atoms with Gasteiger partial charge in [0.05, 0.1) is 0 Å². The maximum Gasteiger partial charge on any atom is 0.0472 e. The predicted octanol–water partition coefficient (Wildman–Crippen LogP) is 4.38. The number of anilines is 2. The van der Waals surface area contributed by atoms with Crippen LogP contribution in [0.15, 0.2) is 46.9 Å². The minimum atomic E-state index is 0.126. The molecule has 0 saturated carbocycles. The molecule has 4 heteroatoms. The van der Waals surface area contributed by atoms with Crippen molar-refractivity contribution in [2.75, 3.05) is 11.9 Å². The van der Waals surface area contributed by atoms with Gasteiger partial charge in [-0.25, -0.2) is 0 Å². The van der Waals surface area contributed by atoms with Gasteiger partial charge in [0.2, 0.25) is 0 Å². The molecule has 0 saturated heterocycles. The molecular formula is C14H13BrClNO. The zero-order valence-corrected chi connectivity index (χ0v) is 12.0. The zero-order chi connectivity index (χ0) is 13.0. The Morgan fingerprint density at radius 3 is 2.72 bits per heavy atom. The average molecular weight is 327 g/mol. The molecule has 2 aromatic carbocycles. The van der Waals surface area contributed by atoms with E-state index in [2.05, 4.69) is 21.2 Å². The summed E-state index contributed by atoms with van der Waals surface area (Å²) in [4.78, 5) is 0. The second kappa shape index (κ2) is 6.23. The Balaban J connectivity index is 2.28. The van der Waals surface area contributed by atoms with E-state index in [1.807, 2.05) is 42.5 Å². The minimum absolute atomic E-state index is 0.126. The molecule has 0 aliphatic heterocycles. The van der Waals surface area contributed by atoms with Crippen LogP contribution < -0.4 is 5.32 Å². The summed E-state index contributed by atoms with van der Waals surface area (Å²) in [6.45, 7) is 0.126. The Labute approximate surface area is 120 Å². The number of nitrogens with one attached hydrogen (secondary N) is 1. The predicted molar refractivity (Wildman–Crippen MR) is 79.7 cm³/mol. The Bertz CT molecular complexity index is 545. The summed E-state index contributed by atoms with van der Waals surface area (Å²) in [5.74, 6) is 0. The number of aliphatic hydroxyl groups is 1. The quantitative estimate of drug-likeness (QED) is 0.874. The van der Waals surface area contributed by atoms with Crippen LogP contribution in [0.4, 0.5) is 11.4 Å². The normalized spacial score (nSPS) is 10.4. The molecule has 0 atom stereocenters. The van der Waals surface area contributed by atoms with E-state index in [0.717, 1.165) is 21.4 Å². The van der Waals surface area contributed by atoms with Gasteiger partial charge in [0.15, 0.2) is 0 Å². The summed E-state index contributed by atoms with van der Waals surface area (Å²) in [5.41, 5.74) is 2.98. The van der Waals surface area contributed by atoms with Crippen LogP contribution in [0.5, 0.6) is 0 Å². The van der Waals surface area contributed by atoms with Gasteiger partial charge in [-0.3, -0.25) is 0 Å². The topological polar surface area (TPSA) is 32.3 Å². The lowest BCUT2D eigenvalue weighted by atomic mass is 10.1. The van der Waals surface area contributed by atoms with Crippen LogP contribution >= 0.6 is 27.5 Å². The highest BCUT2D eigenvalue weighted by molar-refractivity contribution is 9.10. The van der Waals surface area contributed by atoms with E-state index >= 15 is 0 Å². The third kappa shape index (κ3) is 3.48. The van der Waals surface area contributed by atoms with Crippen LogP contribution in [0.25, 0.3) is 0 Å². The molecule has 2 aromatic rings. The summed E-state index contributed by atoms with van der Waals surface area (Å²) in [5, 5.41) is 13.1. The van der Waals surface area contributed by atoms with Gasteiger partial charge < -0.3 is 10.4 Å². The van der Waals surface area contributed by atoms with E-state index in [-0.39, 0.29) is 6.61 Å². The monoisotopic (exact) mass is 325 g/mol. The molecule has 0 spiro atoms. The lowest BCUT2D eigenvalue weighted by molar-refractivity contribution is 0.300. The molecule has 0 aromatic heterocycles. The van der Waals surface area contributed by atoms with Crippen molar-refractivity contribution in [1.82, 2.24) is 0 Å². The first-order valence-electron chi connectivity index (χ1n) is 5.61. The molecule has 94 valence electrons. The van der Waals surface area contributed by atoms with Crippen LogP contribution in [0.3, 0.4) is 0 Å². The van der Waals surface area contributed by atoms with Crippen molar-refractivity contribution in [1.29, 1.82) is 0 Å². The first-order chi connectivity index (χ1) is 8.69. The SMILES string of the molecule is OCCc1cc(Br)ccc1Nc1cccc(Cl)c1. The van der Waals surface area contributed by atoms with Crippen LogP contribution in [-0.2, 0) is 6.42 Å². The molecule has 0 amide bonds. The van der Waals surface area contributed by atoms with Gasteiger partial charge in [-0.1, -0.05) is 33.6 Å². The molecule has 2 rings (SSSR count). The largest absolute Gasteiger partial charge is 0.396 e. The minimum Gasteiger partial charge on any atom is -0.396 e. The standard InChI is InChI=1S/C14H13BrClNO/c15-11-4-5-14(10(8-11)6-7-18)17-13-3-1-2-12(16)9-13/h1-5,8-9,17-18H,6-7H2. The first kappa shape index (κ1) is 13.4. The maximum absolute atomic E-state index is 9.08. The molecule has 0 bridgehead atoms. The average Bonchev–Trinajstić information content (AvgIpc) is 2.33. The lowest BCUT2D eigenvalue weighted by Crippen LogP contribution is -1.98. The third-order valence-electron chi connectivity index (χ3n) is 2.55. The summed E-state index contributed by atoms with van der Waals surface area (Å²) >= 11 is 9.38. The molecule has 0 heterocycles. The van der Waals surface area contributed by atoms with Crippen LogP contribution in [0.2, 0.25) is 5.02 Å². The van der Waals surface area contributed by atoms with E-state index in [1.165, 1.54) is 0 Å². The molecule has 18 heavy (non-hydrogen) atoms. The number of halogens is 2. The molecule has 0 fully saturated rings. The fourth-order valence-electron chi connectivity index (χ4n) is 1.73. The second-order valence-electron chi connectivity index (χ2n) is 3.91. The number of benzene rings is 2. The van der Waals surface area contributed by atoms with Crippen molar-refractivity contribution < 1.29 is 5.11 Å². The lowest BCUT2D eigenvalue weighted by Gasteiger charge is -2.12. The van der Waals surface area contributed by atoms with Crippen molar-refractivity contribution >= 4 is 38.9 Å². The van der Waals surface area contributed by atoms with Gasteiger partial charge in [-0.05, 0) is 48.4 Å². The second-order valence-corrected chi connectivity index (χ2v) is 5.26. The van der Waals surface area contributed by atoms with Gasteiger partial charge in [0.1, 0.15) is 0 Å². The fraction of sp³-hybridized carbons (Fsp3) is 0.143.